The first kappa shape index (κ1) is 17.1. The summed E-state index contributed by atoms with van der Waals surface area (Å²) < 4.78 is 0. The van der Waals surface area contributed by atoms with Gasteiger partial charge in [-0.3, -0.25) is 4.79 Å². The van der Waals surface area contributed by atoms with Gasteiger partial charge < -0.3 is 15.3 Å². The van der Waals surface area contributed by atoms with E-state index in [4.69, 9.17) is 5.11 Å². The lowest BCUT2D eigenvalue weighted by Gasteiger charge is -2.32. The van der Waals surface area contributed by atoms with Gasteiger partial charge in [0.05, 0.1) is 12.0 Å². The van der Waals surface area contributed by atoms with Crippen LogP contribution in [0, 0.1) is 5.92 Å². The summed E-state index contributed by atoms with van der Waals surface area (Å²) in [5, 5.41) is 12.2. The summed E-state index contributed by atoms with van der Waals surface area (Å²) in [4.78, 5) is 25.3. The summed E-state index contributed by atoms with van der Waals surface area (Å²) in [5.41, 5.74) is 1.05. The van der Waals surface area contributed by atoms with Crippen LogP contribution in [0.2, 0.25) is 0 Å². The minimum atomic E-state index is -0.825. The topological polar surface area (TPSA) is 69.6 Å². The van der Waals surface area contributed by atoms with Crippen molar-refractivity contribution >= 4 is 12.0 Å². The number of carboxylic acids is 1. The molecule has 2 unspecified atom stereocenters. The minimum Gasteiger partial charge on any atom is -0.481 e. The number of allylic oxidation sites excluding steroid dienone is 1. The molecule has 0 aliphatic carbocycles. The maximum atomic E-state index is 12.5. The SMILES string of the molecule is C=CCCC(NC(=O)N1CCCC(C(=O)O)C1)c1ccccc1. The molecule has 1 fully saturated rings. The van der Waals surface area contributed by atoms with Gasteiger partial charge in [-0.1, -0.05) is 36.4 Å². The fourth-order valence-electron chi connectivity index (χ4n) is 2.90. The van der Waals surface area contributed by atoms with Crippen molar-refractivity contribution in [3.05, 3.63) is 48.6 Å². The zero-order chi connectivity index (χ0) is 16.7. The van der Waals surface area contributed by atoms with Crippen molar-refractivity contribution in [2.75, 3.05) is 13.1 Å². The van der Waals surface area contributed by atoms with Gasteiger partial charge in [0.2, 0.25) is 0 Å². The summed E-state index contributed by atoms with van der Waals surface area (Å²) in [6, 6.07) is 9.54. The maximum absolute atomic E-state index is 12.5. The zero-order valence-corrected chi connectivity index (χ0v) is 13.3. The van der Waals surface area contributed by atoms with E-state index in [9.17, 15) is 9.59 Å². The quantitative estimate of drug-likeness (QED) is 0.792. The van der Waals surface area contributed by atoms with E-state index in [1.165, 1.54) is 0 Å². The van der Waals surface area contributed by atoms with Crippen LogP contribution in [-0.4, -0.2) is 35.1 Å². The van der Waals surface area contributed by atoms with Gasteiger partial charge in [-0.15, -0.1) is 6.58 Å². The van der Waals surface area contributed by atoms with Crippen LogP contribution < -0.4 is 5.32 Å². The Morgan fingerprint density at radius 3 is 2.78 bits per heavy atom. The number of carboxylic acid groups (broad SMARTS) is 1. The Bertz CT molecular complexity index is 544. The van der Waals surface area contributed by atoms with Crippen molar-refractivity contribution < 1.29 is 14.7 Å². The van der Waals surface area contributed by atoms with E-state index in [0.717, 1.165) is 24.8 Å². The first-order valence-electron chi connectivity index (χ1n) is 8.06. The summed E-state index contributed by atoms with van der Waals surface area (Å²) in [5.74, 6) is -1.29. The molecule has 2 rings (SSSR count). The number of hydrogen-bond donors (Lipinski definition) is 2. The van der Waals surface area contributed by atoms with Gasteiger partial charge in [-0.25, -0.2) is 4.79 Å². The number of piperidine rings is 1. The van der Waals surface area contributed by atoms with Crippen LogP contribution in [-0.2, 0) is 4.79 Å². The van der Waals surface area contributed by atoms with Gasteiger partial charge in [-0.05, 0) is 31.2 Å². The Kier molecular flexibility index (Phi) is 6.20. The predicted octanol–water partition coefficient (Wildman–Crippen LogP) is 3.20. The number of amides is 2. The third-order valence-corrected chi connectivity index (χ3v) is 4.22. The molecule has 1 saturated heterocycles. The number of aliphatic carboxylic acids is 1. The first-order valence-corrected chi connectivity index (χ1v) is 8.06. The van der Waals surface area contributed by atoms with Crippen LogP contribution in [0.15, 0.2) is 43.0 Å². The Hall–Kier alpha value is -2.30. The van der Waals surface area contributed by atoms with Crippen molar-refractivity contribution in [1.82, 2.24) is 10.2 Å². The second-order valence-electron chi connectivity index (χ2n) is 5.90. The lowest BCUT2D eigenvalue weighted by atomic mass is 9.98. The number of likely N-dealkylation sites (tertiary alicyclic amines) is 1. The van der Waals surface area contributed by atoms with E-state index < -0.39 is 11.9 Å². The highest BCUT2D eigenvalue weighted by Crippen LogP contribution is 2.21. The highest BCUT2D eigenvalue weighted by atomic mass is 16.4. The average molecular weight is 316 g/mol. The van der Waals surface area contributed by atoms with E-state index in [2.05, 4.69) is 11.9 Å². The molecule has 5 heteroatoms. The number of benzene rings is 1. The molecule has 0 saturated carbocycles. The average Bonchev–Trinajstić information content (AvgIpc) is 2.59. The molecule has 1 heterocycles. The number of rotatable bonds is 6. The molecule has 23 heavy (non-hydrogen) atoms. The van der Waals surface area contributed by atoms with Crippen LogP contribution in [0.5, 0.6) is 0 Å². The molecular weight excluding hydrogens is 292 g/mol. The molecule has 1 aliphatic heterocycles. The Morgan fingerprint density at radius 1 is 1.39 bits per heavy atom. The van der Waals surface area contributed by atoms with Crippen molar-refractivity contribution in [1.29, 1.82) is 0 Å². The molecule has 1 aromatic rings. The molecule has 2 N–H and O–H groups in total. The molecule has 2 atom stereocenters. The molecule has 124 valence electrons. The fourth-order valence-corrected chi connectivity index (χ4v) is 2.90. The van der Waals surface area contributed by atoms with E-state index in [-0.39, 0.29) is 18.6 Å². The van der Waals surface area contributed by atoms with Crippen LogP contribution in [0.3, 0.4) is 0 Å². The van der Waals surface area contributed by atoms with Crippen LogP contribution in [0.4, 0.5) is 4.79 Å². The number of nitrogens with zero attached hydrogens (tertiary/aromatic N) is 1. The maximum Gasteiger partial charge on any atom is 0.317 e. The third-order valence-electron chi connectivity index (χ3n) is 4.22. The van der Waals surface area contributed by atoms with E-state index in [1.54, 1.807) is 4.90 Å². The fraction of sp³-hybridized carbons (Fsp3) is 0.444. The van der Waals surface area contributed by atoms with Crippen LogP contribution in [0.25, 0.3) is 0 Å². The van der Waals surface area contributed by atoms with Gasteiger partial charge in [0.15, 0.2) is 0 Å². The number of urea groups is 1. The predicted molar refractivity (Wildman–Crippen MR) is 89.1 cm³/mol. The van der Waals surface area contributed by atoms with Gasteiger partial charge >= 0.3 is 12.0 Å². The van der Waals surface area contributed by atoms with Gasteiger partial charge in [0.1, 0.15) is 0 Å². The molecule has 0 aromatic heterocycles. The standard InChI is InChI=1S/C18H24N2O3/c1-2-3-11-16(14-8-5-4-6-9-14)19-18(23)20-12-7-10-15(13-20)17(21)22/h2,4-6,8-9,15-16H,1,3,7,10-13H2,(H,19,23)(H,21,22). The summed E-state index contributed by atoms with van der Waals surface area (Å²) in [7, 11) is 0. The van der Waals surface area contributed by atoms with Gasteiger partial charge in [0, 0.05) is 13.1 Å². The molecule has 0 spiro atoms. The summed E-state index contributed by atoms with van der Waals surface area (Å²) in [6.07, 6.45) is 4.78. The number of hydrogen-bond acceptors (Lipinski definition) is 2. The zero-order valence-electron chi connectivity index (χ0n) is 13.3. The molecule has 0 radical (unpaired) electrons. The van der Waals surface area contributed by atoms with Crippen molar-refractivity contribution in [3.8, 4) is 0 Å². The van der Waals surface area contributed by atoms with Gasteiger partial charge in [0.25, 0.3) is 0 Å². The highest BCUT2D eigenvalue weighted by molar-refractivity contribution is 5.77. The Morgan fingerprint density at radius 2 is 2.13 bits per heavy atom. The molecule has 5 nitrogen and oxygen atoms in total. The second-order valence-corrected chi connectivity index (χ2v) is 5.90. The van der Waals surface area contributed by atoms with E-state index >= 15 is 0 Å². The van der Waals surface area contributed by atoms with Crippen molar-refractivity contribution in [2.45, 2.75) is 31.7 Å². The van der Waals surface area contributed by atoms with E-state index in [0.29, 0.717) is 13.0 Å². The van der Waals surface area contributed by atoms with Crippen LogP contribution >= 0.6 is 0 Å². The molecular formula is C18H24N2O3. The van der Waals surface area contributed by atoms with E-state index in [1.807, 2.05) is 36.4 Å². The second kappa shape index (κ2) is 8.36. The van der Waals surface area contributed by atoms with Crippen molar-refractivity contribution in [2.24, 2.45) is 5.92 Å². The monoisotopic (exact) mass is 316 g/mol. The van der Waals surface area contributed by atoms with Crippen LogP contribution in [0.1, 0.15) is 37.3 Å². The number of nitrogens with one attached hydrogen (secondary N) is 1. The molecule has 2 amide bonds. The minimum absolute atomic E-state index is 0.0908. The third kappa shape index (κ3) is 4.84. The molecule has 0 bridgehead atoms. The summed E-state index contributed by atoms with van der Waals surface area (Å²) in [6.45, 7) is 4.63. The van der Waals surface area contributed by atoms with Crippen molar-refractivity contribution in [3.63, 3.8) is 0 Å². The lowest BCUT2D eigenvalue weighted by Crippen LogP contribution is -2.47. The van der Waals surface area contributed by atoms with Gasteiger partial charge in [-0.2, -0.15) is 0 Å². The smallest absolute Gasteiger partial charge is 0.317 e. The normalized spacial score (nSPS) is 19.0. The Balaban J connectivity index is 2.02. The summed E-state index contributed by atoms with van der Waals surface area (Å²) >= 11 is 0. The Labute approximate surface area is 137 Å². The lowest BCUT2D eigenvalue weighted by molar-refractivity contribution is -0.143. The molecule has 1 aliphatic rings. The number of carbonyl (C=O) groups is 2. The highest BCUT2D eigenvalue weighted by Gasteiger charge is 2.29. The molecule has 1 aromatic carbocycles. The number of carbonyl (C=O) groups excluding carboxylic acids is 1. The first-order chi connectivity index (χ1) is 11.1. The largest absolute Gasteiger partial charge is 0.481 e.